The summed E-state index contributed by atoms with van der Waals surface area (Å²) in [5.41, 5.74) is 11.5. The highest BCUT2D eigenvalue weighted by Crippen LogP contribution is 2.56. The first-order valence-electron chi connectivity index (χ1n) is 10.3. The molecule has 5 aliphatic rings. The zero-order valence-corrected chi connectivity index (χ0v) is 16.8. The van der Waals surface area contributed by atoms with Crippen LogP contribution in [0.25, 0.3) is 0 Å². The molecule has 0 bridgehead atoms. The number of rotatable bonds is 1. The average molecular weight is 378 g/mol. The second-order valence-corrected chi connectivity index (χ2v) is 8.64. The minimum absolute atomic E-state index is 0.0133. The van der Waals surface area contributed by atoms with Crippen LogP contribution in [0.3, 0.4) is 0 Å². The van der Waals surface area contributed by atoms with E-state index in [2.05, 4.69) is 18.4 Å². The Bertz CT molecular complexity index is 976. The topological polar surface area (TPSA) is 58.6 Å². The fourth-order valence-corrected chi connectivity index (χ4v) is 5.60. The largest absolute Gasteiger partial charge is 0.426 e. The Balaban J connectivity index is 1.71. The molecule has 1 unspecified atom stereocenters. The van der Waals surface area contributed by atoms with Crippen molar-refractivity contribution in [2.24, 2.45) is 5.41 Å². The van der Waals surface area contributed by atoms with Gasteiger partial charge in [0.25, 0.3) is 0 Å². The van der Waals surface area contributed by atoms with E-state index in [-0.39, 0.29) is 17.3 Å². The van der Waals surface area contributed by atoms with Gasteiger partial charge >= 0.3 is 5.97 Å². The normalized spacial score (nSPS) is 28.2. The molecule has 0 fully saturated rings. The molecule has 0 aromatic heterocycles. The number of amides is 1. The fourth-order valence-electron chi connectivity index (χ4n) is 5.60. The van der Waals surface area contributed by atoms with Crippen LogP contribution in [0.2, 0.25) is 0 Å². The minimum Gasteiger partial charge on any atom is -0.426 e. The van der Waals surface area contributed by atoms with E-state index in [0.717, 1.165) is 67.5 Å². The SMILES string of the molecule is CC(=O)OC1=CC2=C(NN(C(C)=O)C3=C2CC2=C3CCC2)C2(C)CCCC=C12. The van der Waals surface area contributed by atoms with Crippen molar-refractivity contribution < 1.29 is 14.3 Å². The number of nitrogens with zero attached hydrogens (tertiary/aromatic N) is 1. The maximum Gasteiger partial charge on any atom is 0.308 e. The van der Waals surface area contributed by atoms with Gasteiger partial charge in [-0.05, 0) is 69.1 Å². The minimum atomic E-state index is -0.292. The van der Waals surface area contributed by atoms with E-state index in [1.54, 1.807) is 11.9 Å². The van der Waals surface area contributed by atoms with Gasteiger partial charge in [-0.15, -0.1) is 0 Å². The van der Waals surface area contributed by atoms with E-state index in [9.17, 15) is 9.59 Å². The van der Waals surface area contributed by atoms with Gasteiger partial charge in [-0.25, -0.2) is 5.01 Å². The van der Waals surface area contributed by atoms with E-state index in [4.69, 9.17) is 4.74 Å². The lowest BCUT2D eigenvalue weighted by Gasteiger charge is -2.46. The number of nitrogens with one attached hydrogen (secondary N) is 1. The molecule has 0 spiro atoms. The molecule has 4 aliphatic carbocycles. The molecule has 1 amide bonds. The molecule has 5 heteroatoms. The smallest absolute Gasteiger partial charge is 0.308 e. The van der Waals surface area contributed by atoms with Gasteiger partial charge in [0.1, 0.15) is 5.76 Å². The van der Waals surface area contributed by atoms with Gasteiger partial charge in [0.05, 0.1) is 11.4 Å². The number of allylic oxidation sites excluding steroid dienone is 8. The Labute approximate surface area is 165 Å². The highest BCUT2D eigenvalue weighted by molar-refractivity contribution is 5.80. The van der Waals surface area contributed by atoms with Crippen molar-refractivity contribution in [1.82, 2.24) is 10.4 Å². The van der Waals surface area contributed by atoms with Crippen LogP contribution in [0, 0.1) is 5.41 Å². The standard InChI is InChI=1S/C23H26N2O3/c1-13(26)25-21-16-8-6-7-15(16)11-17(21)18-12-20(28-14(2)27)19-9-4-5-10-23(19,3)22(18)24-25/h9,12,24H,4-8,10-11H2,1-3H3. The maximum absolute atomic E-state index is 12.6. The number of fused-ring (bicyclic) bond motifs is 4. The predicted molar refractivity (Wildman–Crippen MR) is 105 cm³/mol. The molecule has 5 nitrogen and oxygen atoms in total. The van der Waals surface area contributed by atoms with Gasteiger partial charge < -0.3 is 4.74 Å². The van der Waals surface area contributed by atoms with Crippen LogP contribution < -0.4 is 5.43 Å². The molecule has 1 heterocycles. The van der Waals surface area contributed by atoms with Crippen LogP contribution in [0.1, 0.15) is 65.7 Å². The summed E-state index contributed by atoms with van der Waals surface area (Å²) in [7, 11) is 0. The fraction of sp³-hybridized carbons (Fsp3) is 0.478. The second kappa shape index (κ2) is 5.97. The van der Waals surface area contributed by atoms with Crippen molar-refractivity contribution in [2.45, 2.75) is 65.7 Å². The van der Waals surface area contributed by atoms with Crippen LogP contribution in [-0.2, 0) is 14.3 Å². The number of hydrazine groups is 1. The summed E-state index contributed by atoms with van der Waals surface area (Å²) in [5, 5.41) is 1.77. The Morgan fingerprint density at radius 3 is 2.75 bits per heavy atom. The van der Waals surface area contributed by atoms with Crippen molar-refractivity contribution in [3.8, 4) is 0 Å². The number of ether oxygens (including phenoxy) is 1. The molecule has 0 saturated carbocycles. The Hall–Kier alpha value is -2.56. The molecular weight excluding hydrogens is 352 g/mol. The van der Waals surface area contributed by atoms with Gasteiger partial charge in [0.15, 0.2) is 0 Å². The second-order valence-electron chi connectivity index (χ2n) is 8.64. The summed E-state index contributed by atoms with van der Waals surface area (Å²) in [6, 6.07) is 0. The monoisotopic (exact) mass is 378 g/mol. The molecule has 5 rings (SSSR count). The number of esters is 1. The van der Waals surface area contributed by atoms with E-state index in [1.165, 1.54) is 23.6 Å². The summed E-state index contributed by atoms with van der Waals surface area (Å²) in [5.74, 6) is 0.393. The summed E-state index contributed by atoms with van der Waals surface area (Å²) in [6.45, 7) is 5.29. The van der Waals surface area contributed by atoms with E-state index >= 15 is 0 Å². The lowest BCUT2D eigenvalue weighted by molar-refractivity contribution is -0.136. The number of hydrogen-bond donors (Lipinski definition) is 1. The molecular formula is C23H26N2O3. The quantitative estimate of drug-likeness (QED) is 0.690. The zero-order chi connectivity index (χ0) is 19.6. The summed E-state index contributed by atoms with van der Waals surface area (Å²) < 4.78 is 5.67. The lowest BCUT2D eigenvalue weighted by Crippen LogP contribution is -2.49. The van der Waals surface area contributed by atoms with Gasteiger partial charge in [0.2, 0.25) is 5.91 Å². The van der Waals surface area contributed by atoms with Crippen molar-refractivity contribution in [2.75, 3.05) is 0 Å². The van der Waals surface area contributed by atoms with Crippen molar-refractivity contribution >= 4 is 11.9 Å². The number of carbonyl (C=O) groups excluding carboxylic acids is 2. The molecule has 0 aromatic rings. The van der Waals surface area contributed by atoms with Crippen LogP contribution in [0.15, 0.2) is 57.2 Å². The molecule has 1 N–H and O–H groups in total. The zero-order valence-electron chi connectivity index (χ0n) is 16.8. The Morgan fingerprint density at radius 1 is 1.18 bits per heavy atom. The highest BCUT2D eigenvalue weighted by Gasteiger charge is 2.47. The molecule has 28 heavy (non-hydrogen) atoms. The third kappa shape index (κ3) is 2.31. The van der Waals surface area contributed by atoms with Crippen molar-refractivity contribution in [1.29, 1.82) is 0 Å². The number of carbonyl (C=O) groups is 2. The van der Waals surface area contributed by atoms with Crippen LogP contribution in [0.4, 0.5) is 0 Å². The summed E-state index contributed by atoms with van der Waals surface area (Å²) in [4.78, 5) is 24.3. The van der Waals surface area contributed by atoms with Crippen LogP contribution in [-0.4, -0.2) is 16.9 Å². The lowest BCUT2D eigenvalue weighted by atomic mass is 9.66. The van der Waals surface area contributed by atoms with Crippen LogP contribution >= 0.6 is 0 Å². The first kappa shape index (κ1) is 17.5. The van der Waals surface area contributed by atoms with Gasteiger partial charge in [-0.2, -0.15) is 0 Å². The third-order valence-electron chi connectivity index (χ3n) is 6.82. The highest BCUT2D eigenvalue weighted by atomic mass is 16.5. The van der Waals surface area contributed by atoms with Crippen LogP contribution in [0.5, 0.6) is 0 Å². The molecule has 146 valence electrons. The average Bonchev–Trinajstić information content (AvgIpc) is 3.22. The maximum atomic E-state index is 12.6. The first-order chi connectivity index (χ1) is 13.4. The molecule has 0 saturated heterocycles. The van der Waals surface area contributed by atoms with E-state index in [1.807, 2.05) is 6.08 Å². The van der Waals surface area contributed by atoms with E-state index in [0.29, 0.717) is 5.76 Å². The molecule has 0 aromatic carbocycles. The van der Waals surface area contributed by atoms with Crippen molar-refractivity contribution in [3.63, 3.8) is 0 Å². The van der Waals surface area contributed by atoms with Gasteiger partial charge in [-0.1, -0.05) is 11.6 Å². The molecule has 1 aliphatic heterocycles. The predicted octanol–water partition coefficient (Wildman–Crippen LogP) is 4.32. The Kier molecular flexibility index (Phi) is 3.74. The molecule has 1 atom stereocenters. The summed E-state index contributed by atoms with van der Waals surface area (Å²) in [6.07, 6.45) is 11.4. The van der Waals surface area contributed by atoms with E-state index < -0.39 is 0 Å². The van der Waals surface area contributed by atoms with Gasteiger partial charge in [-0.3, -0.25) is 15.0 Å². The van der Waals surface area contributed by atoms with Gasteiger partial charge in [0, 0.05) is 30.4 Å². The molecule has 0 radical (unpaired) electrons. The first-order valence-corrected chi connectivity index (χ1v) is 10.3. The third-order valence-corrected chi connectivity index (χ3v) is 6.82. The van der Waals surface area contributed by atoms with Crippen molar-refractivity contribution in [3.05, 3.63) is 57.2 Å². The number of hydrogen-bond acceptors (Lipinski definition) is 4. The summed E-state index contributed by atoms with van der Waals surface area (Å²) >= 11 is 0. The Morgan fingerprint density at radius 2 is 2.00 bits per heavy atom.